The van der Waals surface area contributed by atoms with Gasteiger partial charge in [0.2, 0.25) is 0 Å². The normalized spacial score (nSPS) is 13.5. The fourth-order valence-electron chi connectivity index (χ4n) is 1.75. The van der Waals surface area contributed by atoms with Gasteiger partial charge in [-0.25, -0.2) is 0 Å². The molecule has 0 saturated heterocycles. The fraction of sp³-hybridized carbons (Fsp3) is 0.500. The van der Waals surface area contributed by atoms with Crippen LogP contribution in [0.15, 0.2) is 24.3 Å². The van der Waals surface area contributed by atoms with Crippen LogP contribution in [0.4, 0.5) is 18.9 Å². The van der Waals surface area contributed by atoms with Gasteiger partial charge in [-0.05, 0) is 37.1 Å². The summed E-state index contributed by atoms with van der Waals surface area (Å²) in [6.45, 7) is 0.276. The van der Waals surface area contributed by atoms with E-state index in [0.717, 1.165) is 0 Å². The molecule has 0 aliphatic heterocycles. The molecule has 0 aliphatic carbocycles. The number of anilines is 1. The Balaban J connectivity index is 2.95. The first-order valence-corrected chi connectivity index (χ1v) is 5.53. The molecule has 1 aromatic rings. The van der Waals surface area contributed by atoms with Crippen molar-refractivity contribution in [2.24, 2.45) is 5.73 Å². The zero-order chi connectivity index (χ0) is 12.9. The number of alkyl halides is 3. The lowest BCUT2D eigenvalue weighted by molar-refractivity contribution is -0.152. The van der Waals surface area contributed by atoms with E-state index in [1.54, 1.807) is 19.2 Å². The second kappa shape index (κ2) is 5.91. The van der Waals surface area contributed by atoms with E-state index < -0.39 is 12.1 Å². The van der Waals surface area contributed by atoms with Crippen molar-refractivity contribution in [1.29, 1.82) is 0 Å². The maximum Gasteiger partial charge on any atom is 0.395 e. The molecule has 0 aromatic heterocycles. The monoisotopic (exact) mass is 246 g/mol. The van der Waals surface area contributed by atoms with Crippen LogP contribution in [-0.4, -0.2) is 19.8 Å². The van der Waals surface area contributed by atoms with Gasteiger partial charge in [0.1, 0.15) is 0 Å². The Kier molecular flexibility index (Phi) is 4.81. The SMILES string of the molecule is CNc1cccc(C(CCCN)C(F)(F)F)c1. The molecule has 0 spiro atoms. The Morgan fingerprint density at radius 1 is 1.35 bits per heavy atom. The molecule has 1 atom stereocenters. The summed E-state index contributed by atoms with van der Waals surface area (Å²) in [6.07, 6.45) is -3.82. The summed E-state index contributed by atoms with van der Waals surface area (Å²) >= 11 is 0. The van der Waals surface area contributed by atoms with Gasteiger partial charge in [0.25, 0.3) is 0 Å². The molecule has 0 heterocycles. The predicted molar refractivity (Wildman–Crippen MR) is 63.1 cm³/mol. The van der Waals surface area contributed by atoms with Crippen LogP contribution in [0, 0.1) is 0 Å². The Labute approximate surface area is 99.0 Å². The molecular formula is C12H17F3N2. The molecular weight excluding hydrogens is 229 g/mol. The van der Waals surface area contributed by atoms with Crippen molar-refractivity contribution in [2.75, 3.05) is 18.9 Å². The lowest BCUT2D eigenvalue weighted by atomic mass is 9.93. The largest absolute Gasteiger partial charge is 0.395 e. The number of nitrogens with one attached hydrogen (secondary N) is 1. The molecule has 0 aliphatic rings. The minimum absolute atomic E-state index is 0.0349. The first kappa shape index (κ1) is 13.8. The maximum absolute atomic E-state index is 12.9. The molecule has 5 heteroatoms. The van der Waals surface area contributed by atoms with Crippen LogP contribution in [0.1, 0.15) is 24.3 Å². The molecule has 0 bridgehead atoms. The fourth-order valence-corrected chi connectivity index (χ4v) is 1.75. The second-order valence-corrected chi connectivity index (χ2v) is 3.90. The topological polar surface area (TPSA) is 38.0 Å². The van der Waals surface area contributed by atoms with Crippen molar-refractivity contribution in [2.45, 2.75) is 24.9 Å². The minimum Gasteiger partial charge on any atom is -0.388 e. The smallest absolute Gasteiger partial charge is 0.388 e. The third kappa shape index (κ3) is 3.93. The van der Waals surface area contributed by atoms with E-state index in [2.05, 4.69) is 5.32 Å². The van der Waals surface area contributed by atoms with Crippen molar-refractivity contribution in [3.8, 4) is 0 Å². The molecule has 96 valence electrons. The van der Waals surface area contributed by atoms with Crippen molar-refractivity contribution < 1.29 is 13.2 Å². The van der Waals surface area contributed by atoms with Gasteiger partial charge < -0.3 is 11.1 Å². The van der Waals surface area contributed by atoms with Crippen molar-refractivity contribution in [3.05, 3.63) is 29.8 Å². The lowest BCUT2D eigenvalue weighted by Gasteiger charge is -2.21. The molecule has 0 radical (unpaired) electrons. The molecule has 1 aromatic carbocycles. The molecule has 1 unspecified atom stereocenters. The summed E-state index contributed by atoms with van der Waals surface area (Å²) in [5.41, 5.74) is 6.25. The molecule has 0 saturated carbocycles. The predicted octanol–water partition coefficient (Wildman–Crippen LogP) is 3.11. The van der Waals surface area contributed by atoms with E-state index in [1.807, 2.05) is 0 Å². The summed E-state index contributed by atoms with van der Waals surface area (Å²) in [7, 11) is 1.68. The number of benzene rings is 1. The van der Waals surface area contributed by atoms with Gasteiger partial charge in [-0.1, -0.05) is 12.1 Å². The van der Waals surface area contributed by atoms with Gasteiger partial charge in [-0.15, -0.1) is 0 Å². The average Bonchev–Trinajstić information content (AvgIpc) is 2.28. The van der Waals surface area contributed by atoms with Gasteiger partial charge in [0, 0.05) is 12.7 Å². The van der Waals surface area contributed by atoms with Crippen molar-refractivity contribution >= 4 is 5.69 Å². The molecule has 17 heavy (non-hydrogen) atoms. The quantitative estimate of drug-likeness (QED) is 0.837. The first-order valence-electron chi connectivity index (χ1n) is 5.53. The molecule has 0 amide bonds. The van der Waals surface area contributed by atoms with Gasteiger partial charge >= 0.3 is 6.18 Å². The van der Waals surface area contributed by atoms with Gasteiger partial charge in [0.15, 0.2) is 0 Å². The summed E-state index contributed by atoms with van der Waals surface area (Å²) in [6, 6.07) is 6.41. The number of hydrogen-bond acceptors (Lipinski definition) is 2. The van der Waals surface area contributed by atoms with Crippen molar-refractivity contribution in [3.63, 3.8) is 0 Å². The second-order valence-electron chi connectivity index (χ2n) is 3.90. The molecule has 1 rings (SSSR count). The minimum atomic E-state index is -4.22. The Morgan fingerprint density at radius 3 is 2.59 bits per heavy atom. The summed E-state index contributed by atoms with van der Waals surface area (Å²) in [5.74, 6) is -1.43. The number of hydrogen-bond donors (Lipinski definition) is 2. The van der Waals surface area contributed by atoms with E-state index in [-0.39, 0.29) is 18.5 Å². The third-order valence-electron chi connectivity index (χ3n) is 2.67. The van der Waals surface area contributed by atoms with Crippen molar-refractivity contribution in [1.82, 2.24) is 0 Å². The van der Waals surface area contributed by atoms with Crippen LogP contribution in [0.5, 0.6) is 0 Å². The summed E-state index contributed by atoms with van der Waals surface area (Å²) in [4.78, 5) is 0. The standard InChI is InChI=1S/C12H17F3N2/c1-17-10-5-2-4-9(8-10)11(6-3-7-16)12(13,14)15/h2,4-5,8,11,17H,3,6-7,16H2,1H3. The van der Waals surface area contributed by atoms with Gasteiger partial charge in [-0.2, -0.15) is 13.2 Å². The van der Waals surface area contributed by atoms with E-state index in [0.29, 0.717) is 12.1 Å². The Bertz CT molecular complexity index is 350. The maximum atomic E-state index is 12.9. The van der Waals surface area contributed by atoms with E-state index in [1.165, 1.54) is 12.1 Å². The zero-order valence-corrected chi connectivity index (χ0v) is 9.72. The van der Waals surface area contributed by atoms with E-state index in [9.17, 15) is 13.2 Å². The first-order chi connectivity index (χ1) is 7.99. The third-order valence-corrected chi connectivity index (χ3v) is 2.67. The summed E-state index contributed by atoms with van der Waals surface area (Å²) < 4.78 is 38.7. The van der Waals surface area contributed by atoms with Gasteiger partial charge in [-0.3, -0.25) is 0 Å². The Morgan fingerprint density at radius 2 is 2.06 bits per heavy atom. The highest BCUT2D eigenvalue weighted by molar-refractivity contribution is 5.46. The highest BCUT2D eigenvalue weighted by Gasteiger charge is 2.39. The summed E-state index contributed by atoms with van der Waals surface area (Å²) in [5, 5.41) is 2.84. The van der Waals surface area contributed by atoms with Crippen LogP contribution in [0.2, 0.25) is 0 Å². The zero-order valence-electron chi connectivity index (χ0n) is 9.72. The van der Waals surface area contributed by atoms with Crippen LogP contribution in [0.3, 0.4) is 0 Å². The molecule has 2 nitrogen and oxygen atoms in total. The van der Waals surface area contributed by atoms with Crippen LogP contribution < -0.4 is 11.1 Å². The van der Waals surface area contributed by atoms with Crippen LogP contribution in [-0.2, 0) is 0 Å². The number of nitrogens with two attached hydrogens (primary N) is 1. The highest BCUT2D eigenvalue weighted by Crippen LogP contribution is 2.38. The molecule has 0 fully saturated rings. The van der Waals surface area contributed by atoms with E-state index >= 15 is 0 Å². The Hall–Kier alpha value is -1.23. The highest BCUT2D eigenvalue weighted by atomic mass is 19.4. The van der Waals surface area contributed by atoms with Gasteiger partial charge in [0.05, 0.1) is 5.92 Å². The lowest BCUT2D eigenvalue weighted by Crippen LogP contribution is -2.21. The number of rotatable bonds is 5. The van der Waals surface area contributed by atoms with E-state index in [4.69, 9.17) is 5.73 Å². The average molecular weight is 246 g/mol. The van der Waals surface area contributed by atoms with Crippen LogP contribution >= 0.6 is 0 Å². The molecule has 3 N–H and O–H groups in total. The van der Waals surface area contributed by atoms with Crippen LogP contribution in [0.25, 0.3) is 0 Å². The number of halogens is 3.